The Kier molecular flexibility index (Phi) is 22.4. The molecule has 8 amide bonds. The van der Waals surface area contributed by atoms with Gasteiger partial charge in [-0.2, -0.15) is 0 Å². The number of benzene rings is 7. The van der Waals surface area contributed by atoms with Crippen molar-refractivity contribution in [3.05, 3.63) is 177 Å². The van der Waals surface area contributed by atoms with Gasteiger partial charge >= 0.3 is 12.1 Å². The number of halogens is 1. The highest BCUT2D eigenvalue weighted by molar-refractivity contribution is 6.32. The van der Waals surface area contributed by atoms with Crippen LogP contribution in [0.25, 0.3) is 22.3 Å². The molecular weight excluding hydrogens is 1390 g/mol. The van der Waals surface area contributed by atoms with E-state index in [-0.39, 0.29) is 63.2 Å². The molecule has 9 atom stereocenters. The molecule has 556 valence electrons. The number of hydrogen-bond acceptors (Lipinski definition) is 20. The van der Waals surface area contributed by atoms with Gasteiger partial charge < -0.3 is 87.6 Å². The number of amides is 8. The van der Waals surface area contributed by atoms with Crippen LogP contribution in [0.4, 0.5) is 4.79 Å². The van der Waals surface area contributed by atoms with Crippen molar-refractivity contribution in [1.29, 1.82) is 0 Å². The minimum Gasteiger partial charge on any atom is -0.507 e. The van der Waals surface area contributed by atoms with E-state index < -0.39 is 171 Å². The molecule has 30 heteroatoms. The lowest BCUT2D eigenvalue weighted by Crippen LogP contribution is -2.59. The number of carbonyl (C=O) groups is 9. The van der Waals surface area contributed by atoms with Crippen molar-refractivity contribution in [3.63, 3.8) is 0 Å². The number of nitrogens with zero attached hydrogens (tertiary/aromatic N) is 3. The summed E-state index contributed by atoms with van der Waals surface area (Å²) in [5, 5.41) is 98.7. The second-order valence-electron chi connectivity index (χ2n) is 27.9. The number of hydrogen-bond donors (Lipinski definition) is 14. The van der Waals surface area contributed by atoms with Gasteiger partial charge in [0.05, 0.1) is 17.0 Å². The number of carboxylic acid groups (broad SMARTS) is 1. The van der Waals surface area contributed by atoms with Gasteiger partial charge in [0, 0.05) is 63.0 Å². The van der Waals surface area contributed by atoms with Crippen molar-refractivity contribution < 1.29 is 93.1 Å². The number of rotatable bonds is 13. The second kappa shape index (κ2) is 31.4. The number of phenols is 4. The van der Waals surface area contributed by atoms with E-state index in [9.17, 15) is 59.7 Å². The van der Waals surface area contributed by atoms with Crippen LogP contribution in [-0.2, 0) is 56.2 Å². The molecule has 0 saturated carbocycles. The number of nitrogens with two attached hydrogens (primary N) is 1. The lowest BCUT2D eigenvalue weighted by molar-refractivity contribution is -0.143. The Balaban J connectivity index is 1.00. The molecule has 6 aliphatic heterocycles. The first kappa shape index (κ1) is 75.7. The Bertz CT molecular complexity index is 4570. The summed E-state index contributed by atoms with van der Waals surface area (Å²) < 4.78 is 18.0. The zero-order valence-corrected chi connectivity index (χ0v) is 59.2. The van der Waals surface area contributed by atoms with Crippen molar-refractivity contribution in [3.8, 4) is 68.2 Å². The van der Waals surface area contributed by atoms with E-state index >= 15 is 19.2 Å². The zero-order chi connectivity index (χ0) is 76.3. The molecule has 13 rings (SSSR count). The molecule has 15 N–H and O–H groups in total. The number of piperazine rings is 1. The molecule has 29 nitrogen and oxygen atoms in total. The number of carboxylic acids is 1. The third-order valence-corrected chi connectivity index (χ3v) is 18.9. The number of likely N-dealkylation sites (N-methyl/N-ethyl adjacent to an activating group) is 1. The minimum absolute atomic E-state index is 0.00985. The fraction of sp³-hybridized carbons (Fsp3) is 0.329. The summed E-state index contributed by atoms with van der Waals surface area (Å²) in [7, 11) is 1.30. The van der Waals surface area contributed by atoms with Crippen molar-refractivity contribution in [2.75, 3.05) is 33.2 Å². The zero-order valence-electron chi connectivity index (χ0n) is 58.5. The lowest BCUT2D eigenvalue weighted by atomic mass is 9.88. The molecule has 7 aromatic rings. The fourth-order valence-electron chi connectivity index (χ4n) is 13.1. The van der Waals surface area contributed by atoms with E-state index in [1.165, 1.54) is 43.4 Å². The number of phenolic OH excluding ortho intramolecular Hbond substituents is 4. The molecular formula is C76H81ClN10O19. The third kappa shape index (κ3) is 17.0. The standard InChI is InChI=1S/C76H81ClN10O19/c1-37(2)28-51(85(6)75(103)106-76(3,4)5)69(96)83-63-65(92)43-19-23-54(49(77)30-43)105-56-32-44-31-55(67(56)94)104-45-20-16-41(17-21-45)64(91)62-73(100)82-61(74(101)102)47-33-53(89)48(36-87-26-24-86(25-27-87)35-38-12-14-40(15-13-38)39-10-8-7-9-11-39)66(93)58(47)46-29-42(18-22-52(46)88)59(70(97)84-62)81-71(98)60(44)80-68(95)50(34-57(78)90)79-72(63)99/h7-23,29-33,37,50-51,59-65,88-89,91-94H,24-28,34-36H2,1-6H3,(H2,78,90)(H,79,99)(H,80,95)(H,81,98)(H,82,100)(H,83,96)(H,84,97)(H,101,102)/t50?,51?,59?,60?,61-,62?,63?,64?,65?/m1/s1. The highest BCUT2D eigenvalue weighted by atomic mass is 35.5. The first-order chi connectivity index (χ1) is 50.3. The fourth-order valence-corrected chi connectivity index (χ4v) is 13.3. The average Bonchev–Trinajstić information content (AvgIpc) is 0.753. The van der Waals surface area contributed by atoms with Gasteiger partial charge in [-0.3, -0.25) is 48.3 Å². The van der Waals surface area contributed by atoms with Crippen molar-refractivity contribution in [2.24, 2.45) is 11.7 Å². The summed E-state index contributed by atoms with van der Waals surface area (Å²) in [6, 6.07) is 19.0. The number of aliphatic hydroxyl groups is 2. The quantitative estimate of drug-likeness (QED) is 0.0596. The number of aliphatic hydroxyl groups excluding tert-OH is 2. The van der Waals surface area contributed by atoms with Gasteiger partial charge in [-0.15, -0.1) is 0 Å². The van der Waals surface area contributed by atoms with Crippen molar-refractivity contribution >= 4 is 65.0 Å². The molecule has 0 radical (unpaired) electrons. The predicted octanol–water partition coefficient (Wildman–Crippen LogP) is 6.37. The Morgan fingerprint density at radius 2 is 1.25 bits per heavy atom. The molecule has 8 unspecified atom stereocenters. The number of primary amides is 1. The minimum atomic E-state index is -2.21. The Morgan fingerprint density at radius 1 is 0.642 bits per heavy atom. The Labute approximate surface area is 613 Å². The summed E-state index contributed by atoms with van der Waals surface area (Å²) in [4.78, 5) is 137. The summed E-state index contributed by atoms with van der Waals surface area (Å²) >= 11 is 6.89. The maximum Gasteiger partial charge on any atom is 0.410 e. The molecule has 0 aliphatic carbocycles. The lowest BCUT2D eigenvalue weighted by Gasteiger charge is -2.35. The molecule has 11 bridgehead atoms. The molecule has 6 aliphatic rings. The molecule has 6 heterocycles. The van der Waals surface area contributed by atoms with E-state index in [1.54, 1.807) is 34.6 Å². The van der Waals surface area contributed by atoms with E-state index in [4.69, 9.17) is 31.5 Å². The van der Waals surface area contributed by atoms with Gasteiger partial charge in [-0.05, 0) is 127 Å². The summed E-state index contributed by atoms with van der Waals surface area (Å²) in [5.41, 5.74) is 5.60. The number of nitrogens with one attached hydrogen (secondary N) is 6. The van der Waals surface area contributed by atoms with Crippen LogP contribution >= 0.6 is 11.6 Å². The number of aromatic hydroxyl groups is 4. The maximum absolute atomic E-state index is 15.8. The molecule has 106 heavy (non-hydrogen) atoms. The van der Waals surface area contributed by atoms with Crippen LogP contribution in [0, 0.1) is 5.92 Å². The molecule has 0 aromatic heterocycles. The van der Waals surface area contributed by atoms with Crippen LogP contribution < -0.4 is 47.1 Å². The van der Waals surface area contributed by atoms with Gasteiger partial charge in [0.15, 0.2) is 17.5 Å². The predicted molar refractivity (Wildman–Crippen MR) is 383 cm³/mol. The molecule has 1 saturated heterocycles. The van der Waals surface area contributed by atoms with Crippen LogP contribution in [-0.4, -0.2) is 167 Å². The average molecular weight is 1470 g/mol. The first-order valence-corrected chi connectivity index (χ1v) is 34.4. The Morgan fingerprint density at radius 3 is 1.88 bits per heavy atom. The molecule has 1 fully saturated rings. The Hall–Kier alpha value is -11.5. The van der Waals surface area contributed by atoms with E-state index in [1.807, 2.05) is 35.2 Å². The SMILES string of the molecule is CC(C)CC(C(=O)NC1C(=O)NC(CC(N)=O)C(=O)NC2C(=O)NC3C(=O)NC(C(=O)N[C@@H](C(=O)O)c4cc(O)c(CN5CCN(Cc6ccc(-c7ccccc7)cc6)CC5)c(O)c4-c4cc3ccc4O)C(O)c3ccc(cc3)Oc3cc2cc(c3O)Oc2ccc(cc2Cl)C1O)N(C)C(=O)OC(C)(C)C. The molecule has 7 aromatic carbocycles. The maximum atomic E-state index is 15.8. The van der Waals surface area contributed by atoms with E-state index in [0.717, 1.165) is 64.1 Å². The van der Waals surface area contributed by atoms with Crippen molar-refractivity contribution in [1.82, 2.24) is 46.6 Å². The smallest absolute Gasteiger partial charge is 0.410 e. The second-order valence-corrected chi connectivity index (χ2v) is 28.3. The molecule has 0 spiro atoms. The van der Waals surface area contributed by atoms with Crippen LogP contribution in [0.5, 0.6) is 46.0 Å². The number of carbonyl (C=O) groups excluding carboxylic acids is 8. The monoisotopic (exact) mass is 1470 g/mol. The number of ether oxygens (including phenoxy) is 3. The van der Waals surface area contributed by atoms with E-state index in [0.29, 0.717) is 32.7 Å². The van der Waals surface area contributed by atoms with Crippen molar-refractivity contribution in [2.45, 2.75) is 121 Å². The number of aliphatic carboxylic acids is 1. The summed E-state index contributed by atoms with van der Waals surface area (Å²) in [6.07, 6.45) is -6.12. The number of fused-ring (bicyclic) bond motifs is 15. The highest BCUT2D eigenvalue weighted by Crippen LogP contribution is 2.49. The third-order valence-electron chi connectivity index (χ3n) is 18.6. The van der Waals surface area contributed by atoms with Gasteiger partial charge in [0.25, 0.3) is 0 Å². The summed E-state index contributed by atoms with van der Waals surface area (Å²) in [5.74, 6) is -15.2. The van der Waals surface area contributed by atoms with Gasteiger partial charge in [-0.25, -0.2) is 9.59 Å². The topological polar surface area (TPSA) is 431 Å². The first-order valence-electron chi connectivity index (χ1n) is 34.1. The van der Waals surface area contributed by atoms with Crippen LogP contribution in [0.2, 0.25) is 5.02 Å². The summed E-state index contributed by atoms with van der Waals surface area (Å²) in [6.45, 7) is 10.8. The normalized spacial score (nSPS) is 21.1. The largest absolute Gasteiger partial charge is 0.507 e. The van der Waals surface area contributed by atoms with Gasteiger partial charge in [0.1, 0.15) is 82.8 Å². The van der Waals surface area contributed by atoms with Gasteiger partial charge in [0.2, 0.25) is 47.1 Å². The highest BCUT2D eigenvalue weighted by Gasteiger charge is 2.43. The van der Waals surface area contributed by atoms with Gasteiger partial charge in [-0.1, -0.05) is 104 Å². The van der Waals surface area contributed by atoms with Crippen LogP contribution in [0.1, 0.15) is 117 Å². The van der Waals surface area contributed by atoms with E-state index in [2.05, 4.69) is 61.1 Å². The van der Waals surface area contributed by atoms with Crippen LogP contribution in [0.15, 0.2) is 133 Å². The van der Waals surface area contributed by atoms with Crippen LogP contribution in [0.3, 0.4) is 0 Å².